The van der Waals surface area contributed by atoms with Gasteiger partial charge in [0.05, 0.1) is 23.4 Å². The van der Waals surface area contributed by atoms with Gasteiger partial charge in [0.25, 0.3) is 15.9 Å². The maximum Gasteiger partial charge on any atom is 0.264 e. The van der Waals surface area contributed by atoms with Gasteiger partial charge in [-0.2, -0.15) is 0 Å². The van der Waals surface area contributed by atoms with Crippen LogP contribution in [0.15, 0.2) is 65.6 Å². The number of carbonyl (C=O) groups is 1. The number of sulfonamides is 1. The van der Waals surface area contributed by atoms with Crippen LogP contribution in [0.5, 0.6) is 5.75 Å². The van der Waals surface area contributed by atoms with Crippen LogP contribution >= 0.6 is 0 Å². The van der Waals surface area contributed by atoms with Gasteiger partial charge in [0.2, 0.25) is 0 Å². The summed E-state index contributed by atoms with van der Waals surface area (Å²) in [5, 5.41) is 2.34. The van der Waals surface area contributed by atoms with E-state index in [0.29, 0.717) is 23.1 Å². The zero-order chi connectivity index (χ0) is 22.8. The molecule has 0 aromatic heterocycles. The molecular weight excluding hydrogens is 426 g/mol. The Morgan fingerprint density at radius 3 is 2.42 bits per heavy atom. The lowest BCUT2D eigenvalue weighted by molar-refractivity contribution is 0.102. The fourth-order valence-electron chi connectivity index (χ4n) is 2.96. The highest BCUT2D eigenvalue weighted by atomic mass is 32.2. The van der Waals surface area contributed by atoms with Gasteiger partial charge in [-0.05, 0) is 48.9 Å². The molecule has 0 aliphatic rings. The molecule has 0 saturated heterocycles. The number of hydrogen-bond acceptors (Lipinski definition) is 4. The summed E-state index contributed by atoms with van der Waals surface area (Å²) in [5.74, 6) is -2.07. The molecule has 0 radical (unpaired) electrons. The van der Waals surface area contributed by atoms with Crippen LogP contribution in [-0.4, -0.2) is 28.5 Å². The molecular formula is C22H20F2N2O4S. The number of anilines is 2. The van der Waals surface area contributed by atoms with E-state index in [0.717, 1.165) is 16.4 Å². The molecule has 31 heavy (non-hydrogen) atoms. The first-order valence-corrected chi connectivity index (χ1v) is 10.6. The van der Waals surface area contributed by atoms with E-state index in [1.165, 1.54) is 32.4 Å². The SMILES string of the molecule is COc1ccccc1N(C)S(=O)(=O)c1ccc(C)c(C(=O)Nc2ccc(F)cc2F)c1. The summed E-state index contributed by atoms with van der Waals surface area (Å²) >= 11 is 0. The first-order chi connectivity index (χ1) is 14.6. The molecule has 9 heteroatoms. The molecule has 0 bridgehead atoms. The molecule has 6 nitrogen and oxygen atoms in total. The zero-order valence-electron chi connectivity index (χ0n) is 17.0. The molecule has 1 N–H and O–H groups in total. The maximum absolute atomic E-state index is 13.9. The Balaban J connectivity index is 1.96. The van der Waals surface area contributed by atoms with E-state index in [4.69, 9.17) is 4.74 Å². The lowest BCUT2D eigenvalue weighted by Gasteiger charge is -2.22. The second-order valence-corrected chi connectivity index (χ2v) is 8.67. The third kappa shape index (κ3) is 4.51. The summed E-state index contributed by atoms with van der Waals surface area (Å²) in [6.45, 7) is 1.62. The van der Waals surface area contributed by atoms with Crippen LogP contribution in [0.2, 0.25) is 0 Å². The highest BCUT2D eigenvalue weighted by Gasteiger charge is 2.25. The quantitative estimate of drug-likeness (QED) is 0.611. The molecule has 0 atom stereocenters. The number of benzene rings is 3. The molecule has 162 valence electrons. The minimum Gasteiger partial charge on any atom is -0.495 e. The Hall–Kier alpha value is -3.46. The summed E-state index contributed by atoms with van der Waals surface area (Å²) in [4.78, 5) is 12.6. The largest absolute Gasteiger partial charge is 0.495 e. The second kappa shape index (κ2) is 8.73. The van der Waals surface area contributed by atoms with Crippen molar-refractivity contribution in [3.05, 3.63) is 83.4 Å². The number of aryl methyl sites for hydroxylation is 1. The number of hydrogen-bond donors (Lipinski definition) is 1. The highest BCUT2D eigenvalue weighted by molar-refractivity contribution is 7.92. The van der Waals surface area contributed by atoms with Crippen molar-refractivity contribution in [3.8, 4) is 5.75 Å². The third-order valence-electron chi connectivity index (χ3n) is 4.72. The fourth-order valence-corrected chi connectivity index (χ4v) is 4.20. The van der Waals surface area contributed by atoms with E-state index >= 15 is 0 Å². The van der Waals surface area contributed by atoms with Gasteiger partial charge in [0.1, 0.15) is 17.4 Å². The van der Waals surface area contributed by atoms with Gasteiger partial charge in [-0.3, -0.25) is 9.10 Å². The maximum atomic E-state index is 13.9. The molecule has 0 heterocycles. The van der Waals surface area contributed by atoms with Crippen LogP contribution in [0.4, 0.5) is 20.2 Å². The molecule has 3 aromatic carbocycles. The van der Waals surface area contributed by atoms with Gasteiger partial charge >= 0.3 is 0 Å². The number of amides is 1. The molecule has 0 aliphatic heterocycles. The van der Waals surface area contributed by atoms with Crippen molar-refractivity contribution in [2.24, 2.45) is 0 Å². The molecule has 0 unspecified atom stereocenters. The number of methoxy groups -OCH3 is 1. The number of rotatable bonds is 6. The van der Waals surface area contributed by atoms with Crippen molar-refractivity contribution in [2.45, 2.75) is 11.8 Å². The molecule has 0 fully saturated rings. The Labute approximate surface area is 179 Å². The minimum atomic E-state index is -4.03. The van der Waals surface area contributed by atoms with Crippen molar-refractivity contribution in [3.63, 3.8) is 0 Å². The Bertz CT molecular complexity index is 1250. The summed E-state index contributed by atoms with van der Waals surface area (Å²) < 4.78 is 59.6. The normalized spacial score (nSPS) is 11.1. The Kier molecular flexibility index (Phi) is 6.26. The lowest BCUT2D eigenvalue weighted by Crippen LogP contribution is -2.27. The van der Waals surface area contributed by atoms with Crippen LogP contribution in [0.3, 0.4) is 0 Å². The van der Waals surface area contributed by atoms with E-state index in [1.807, 2.05) is 0 Å². The predicted octanol–water partition coefficient (Wildman–Crippen LogP) is 4.36. The van der Waals surface area contributed by atoms with E-state index in [9.17, 15) is 22.0 Å². The number of carbonyl (C=O) groups excluding carboxylic acids is 1. The molecule has 0 saturated carbocycles. The van der Waals surface area contributed by atoms with Gasteiger partial charge in [-0.1, -0.05) is 18.2 Å². The lowest BCUT2D eigenvalue weighted by atomic mass is 10.1. The van der Waals surface area contributed by atoms with Crippen LogP contribution in [-0.2, 0) is 10.0 Å². The summed E-state index contributed by atoms with van der Waals surface area (Å²) in [6.07, 6.45) is 0. The molecule has 0 spiro atoms. The second-order valence-electron chi connectivity index (χ2n) is 6.70. The van der Waals surface area contributed by atoms with Crippen LogP contribution in [0.25, 0.3) is 0 Å². The number of nitrogens with zero attached hydrogens (tertiary/aromatic N) is 1. The summed E-state index contributed by atoms with van der Waals surface area (Å²) in [6, 6.07) is 13.4. The predicted molar refractivity (Wildman–Crippen MR) is 114 cm³/mol. The average molecular weight is 446 g/mol. The van der Waals surface area contributed by atoms with Crippen molar-refractivity contribution < 1.29 is 26.7 Å². The highest BCUT2D eigenvalue weighted by Crippen LogP contribution is 2.31. The van der Waals surface area contributed by atoms with Crippen LogP contribution in [0, 0.1) is 18.6 Å². The van der Waals surface area contributed by atoms with E-state index in [2.05, 4.69) is 5.32 Å². The summed E-state index contributed by atoms with van der Waals surface area (Å²) in [5.41, 5.74) is 0.632. The standard InChI is InChI=1S/C22H20F2N2O4S/c1-14-8-10-16(31(28,29)26(2)20-6-4-5-7-21(20)30-3)13-17(14)22(27)25-19-11-9-15(23)12-18(19)24/h4-13H,1-3H3,(H,25,27). The molecule has 3 rings (SSSR count). The molecule has 0 aliphatic carbocycles. The number of para-hydroxylation sites is 2. The van der Waals surface area contributed by atoms with Crippen molar-refractivity contribution >= 4 is 27.3 Å². The van der Waals surface area contributed by atoms with Gasteiger partial charge in [0.15, 0.2) is 0 Å². The average Bonchev–Trinajstić information content (AvgIpc) is 2.75. The van der Waals surface area contributed by atoms with Crippen molar-refractivity contribution in [2.75, 3.05) is 23.8 Å². The third-order valence-corrected chi connectivity index (χ3v) is 6.48. The fraction of sp³-hybridized carbons (Fsp3) is 0.136. The molecule has 1 amide bonds. The van der Waals surface area contributed by atoms with Gasteiger partial charge in [0, 0.05) is 18.7 Å². The topological polar surface area (TPSA) is 75.7 Å². The number of ether oxygens (including phenoxy) is 1. The van der Waals surface area contributed by atoms with Crippen LogP contribution in [0.1, 0.15) is 15.9 Å². The smallest absolute Gasteiger partial charge is 0.264 e. The van der Waals surface area contributed by atoms with Gasteiger partial charge < -0.3 is 10.1 Å². The number of halogens is 2. The van der Waals surface area contributed by atoms with E-state index in [-0.39, 0.29) is 16.1 Å². The Morgan fingerprint density at radius 1 is 1.03 bits per heavy atom. The van der Waals surface area contributed by atoms with E-state index < -0.39 is 27.6 Å². The summed E-state index contributed by atoms with van der Waals surface area (Å²) in [7, 11) is -1.23. The first kappa shape index (κ1) is 22.2. The van der Waals surface area contributed by atoms with Crippen molar-refractivity contribution in [1.29, 1.82) is 0 Å². The zero-order valence-corrected chi connectivity index (χ0v) is 17.8. The Morgan fingerprint density at radius 2 is 1.74 bits per heavy atom. The first-order valence-electron chi connectivity index (χ1n) is 9.14. The van der Waals surface area contributed by atoms with Gasteiger partial charge in [-0.25, -0.2) is 17.2 Å². The van der Waals surface area contributed by atoms with E-state index in [1.54, 1.807) is 31.2 Å². The number of nitrogens with one attached hydrogen (secondary N) is 1. The van der Waals surface area contributed by atoms with Crippen LogP contribution < -0.4 is 14.4 Å². The monoisotopic (exact) mass is 446 g/mol. The van der Waals surface area contributed by atoms with Crippen molar-refractivity contribution in [1.82, 2.24) is 0 Å². The van der Waals surface area contributed by atoms with Gasteiger partial charge in [-0.15, -0.1) is 0 Å². The molecule has 3 aromatic rings. The minimum absolute atomic E-state index is 0.0400.